The first-order valence-electron chi connectivity index (χ1n) is 8.50. The second-order valence-electron chi connectivity index (χ2n) is 6.27. The lowest BCUT2D eigenvalue weighted by atomic mass is 9.97. The summed E-state index contributed by atoms with van der Waals surface area (Å²) in [6, 6.07) is 11.2. The van der Waals surface area contributed by atoms with Gasteiger partial charge in [0.1, 0.15) is 11.5 Å². The van der Waals surface area contributed by atoms with Gasteiger partial charge in [-0.3, -0.25) is 9.78 Å². The van der Waals surface area contributed by atoms with Crippen molar-refractivity contribution in [3.05, 3.63) is 66.1 Å². The van der Waals surface area contributed by atoms with Crippen LogP contribution in [0.15, 0.2) is 53.2 Å². The molecule has 2 aromatic heterocycles. The van der Waals surface area contributed by atoms with Crippen LogP contribution in [0.1, 0.15) is 35.1 Å². The molecule has 1 aromatic carbocycles. The minimum absolute atomic E-state index is 0.0156. The largest absolute Gasteiger partial charge is 0.339 e. The molecule has 0 bridgehead atoms. The van der Waals surface area contributed by atoms with Crippen molar-refractivity contribution in [3.8, 4) is 11.4 Å². The Balaban J connectivity index is 1.50. The Labute approximate surface area is 149 Å². The number of hydrogen-bond donors (Lipinski definition) is 0. The molecule has 1 saturated heterocycles. The zero-order valence-electron chi connectivity index (χ0n) is 14.0. The van der Waals surface area contributed by atoms with Crippen molar-refractivity contribution in [2.75, 3.05) is 13.1 Å². The summed E-state index contributed by atoms with van der Waals surface area (Å²) in [5, 5.41) is 4.00. The van der Waals surface area contributed by atoms with Gasteiger partial charge < -0.3 is 9.42 Å². The molecule has 3 heterocycles. The molecular formula is C19H17FN4O2. The van der Waals surface area contributed by atoms with Gasteiger partial charge in [-0.05, 0) is 49.2 Å². The summed E-state index contributed by atoms with van der Waals surface area (Å²) in [5.41, 5.74) is 1.13. The van der Waals surface area contributed by atoms with Crippen molar-refractivity contribution in [2.45, 2.75) is 18.8 Å². The van der Waals surface area contributed by atoms with Crippen LogP contribution in [0.3, 0.4) is 0 Å². The maximum Gasteiger partial charge on any atom is 0.272 e. The Hall–Kier alpha value is -3.09. The number of carbonyl (C=O) groups is 1. The lowest BCUT2D eigenvalue weighted by molar-refractivity contribution is 0.0689. The molecule has 1 atom stereocenters. The Morgan fingerprint density at radius 3 is 2.81 bits per heavy atom. The summed E-state index contributed by atoms with van der Waals surface area (Å²) < 4.78 is 18.5. The first-order chi connectivity index (χ1) is 12.7. The van der Waals surface area contributed by atoms with Crippen LogP contribution in [-0.4, -0.2) is 39.0 Å². The molecule has 1 aliphatic heterocycles. The van der Waals surface area contributed by atoms with Crippen molar-refractivity contribution in [1.29, 1.82) is 0 Å². The maximum absolute atomic E-state index is 13.1. The first-order valence-corrected chi connectivity index (χ1v) is 8.50. The minimum Gasteiger partial charge on any atom is -0.339 e. The predicted octanol–water partition coefficient (Wildman–Crippen LogP) is 3.29. The third kappa shape index (κ3) is 3.33. The average Bonchev–Trinajstić information content (AvgIpc) is 3.19. The highest BCUT2D eigenvalue weighted by Gasteiger charge is 2.29. The highest BCUT2D eigenvalue weighted by Crippen LogP contribution is 2.28. The number of amides is 1. The Bertz CT molecular complexity index is 895. The van der Waals surface area contributed by atoms with E-state index < -0.39 is 0 Å². The monoisotopic (exact) mass is 352 g/mol. The number of rotatable bonds is 3. The summed E-state index contributed by atoms with van der Waals surface area (Å²) in [6.45, 7) is 1.20. The Morgan fingerprint density at radius 1 is 1.19 bits per heavy atom. The second-order valence-corrected chi connectivity index (χ2v) is 6.27. The lowest BCUT2D eigenvalue weighted by Crippen LogP contribution is -2.39. The number of benzene rings is 1. The van der Waals surface area contributed by atoms with E-state index in [0.29, 0.717) is 36.1 Å². The van der Waals surface area contributed by atoms with E-state index in [4.69, 9.17) is 4.52 Å². The van der Waals surface area contributed by atoms with E-state index in [1.54, 1.807) is 41.4 Å². The zero-order valence-corrected chi connectivity index (χ0v) is 14.0. The Morgan fingerprint density at radius 2 is 2.04 bits per heavy atom. The molecule has 1 amide bonds. The maximum atomic E-state index is 13.1. The normalized spacial score (nSPS) is 17.3. The van der Waals surface area contributed by atoms with E-state index >= 15 is 0 Å². The standard InChI is InChI=1S/C19H17FN4O2/c20-15-8-6-13(7-9-15)17-22-18(26-23-17)14-4-3-11-24(12-14)19(25)16-5-1-2-10-21-16/h1-2,5-10,14H,3-4,11-12H2/t14-/m0/s1. The molecule has 0 saturated carbocycles. The molecule has 3 aromatic rings. The fraction of sp³-hybridized carbons (Fsp3) is 0.263. The third-order valence-corrected chi connectivity index (χ3v) is 4.49. The second kappa shape index (κ2) is 7.03. The van der Waals surface area contributed by atoms with Gasteiger partial charge in [-0.25, -0.2) is 4.39 Å². The molecule has 0 N–H and O–H groups in total. The zero-order chi connectivity index (χ0) is 17.9. The van der Waals surface area contributed by atoms with E-state index in [0.717, 1.165) is 12.8 Å². The minimum atomic E-state index is -0.312. The van der Waals surface area contributed by atoms with Crippen molar-refractivity contribution < 1.29 is 13.7 Å². The van der Waals surface area contributed by atoms with Gasteiger partial charge >= 0.3 is 0 Å². The van der Waals surface area contributed by atoms with E-state index in [2.05, 4.69) is 15.1 Å². The van der Waals surface area contributed by atoms with Crippen LogP contribution in [0.2, 0.25) is 0 Å². The summed E-state index contributed by atoms with van der Waals surface area (Å²) in [4.78, 5) is 22.9. The molecule has 0 radical (unpaired) electrons. The molecule has 26 heavy (non-hydrogen) atoms. The van der Waals surface area contributed by atoms with Crippen molar-refractivity contribution in [3.63, 3.8) is 0 Å². The summed E-state index contributed by atoms with van der Waals surface area (Å²) in [6.07, 6.45) is 3.34. The molecule has 4 rings (SSSR count). The molecule has 7 heteroatoms. The number of nitrogens with zero attached hydrogens (tertiary/aromatic N) is 4. The van der Waals surface area contributed by atoms with Crippen molar-refractivity contribution in [1.82, 2.24) is 20.0 Å². The van der Waals surface area contributed by atoms with Crippen LogP contribution in [-0.2, 0) is 0 Å². The fourth-order valence-corrected chi connectivity index (χ4v) is 3.13. The first kappa shape index (κ1) is 16.4. The summed E-state index contributed by atoms with van der Waals surface area (Å²) >= 11 is 0. The van der Waals surface area contributed by atoms with E-state index in [9.17, 15) is 9.18 Å². The van der Waals surface area contributed by atoms with Crippen LogP contribution in [0.25, 0.3) is 11.4 Å². The molecule has 132 valence electrons. The third-order valence-electron chi connectivity index (χ3n) is 4.49. The molecule has 6 nitrogen and oxygen atoms in total. The smallest absolute Gasteiger partial charge is 0.272 e. The molecule has 0 spiro atoms. The number of likely N-dealkylation sites (tertiary alicyclic amines) is 1. The highest BCUT2D eigenvalue weighted by molar-refractivity contribution is 5.92. The van der Waals surface area contributed by atoms with Crippen LogP contribution in [0.4, 0.5) is 4.39 Å². The van der Waals surface area contributed by atoms with E-state index in [-0.39, 0.29) is 17.6 Å². The van der Waals surface area contributed by atoms with Crippen LogP contribution in [0.5, 0.6) is 0 Å². The van der Waals surface area contributed by atoms with Gasteiger partial charge in [0.05, 0.1) is 5.92 Å². The van der Waals surface area contributed by atoms with Gasteiger partial charge in [0.2, 0.25) is 11.7 Å². The number of halogens is 1. The number of pyridine rings is 1. The molecule has 1 aliphatic rings. The van der Waals surface area contributed by atoms with E-state index in [1.165, 1.54) is 12.1 Å². The molecule has 0 aliphatic carbocycles. The molecular weight excluding hydrogens is 335 g/mol. The molecule has 1 fully saturated rings. The quantitative estimate of drug-likeness (QED) is 0.723. The topological polar surface area (TPSA) is 72.1 Å². The average molecular weight is 352 g/mol. The number of aromatic nitrogens is 3. The van der Waals surface area contributed by atoms with Gasteiger partial charge in [0.25, 0.3) is 5.91 Å². The van der Waals surface area contributed by atoms with Crippen molar-refractivity contribution in [2.24, 2.45) is 0 Å². The van der Waals surface area contributed by atoms with Crippen molar-refractivity contribution >= 4 is 5.91 Å². The number of hydrogen-bond acceptors (Lipinski definition) is 5. The summed E-state index contributed by atoms with van der Waals surface area (Å²) in [7, 11) is 0. The predicted molar refractivity (Wildman–Crippen MR) is 91.8 cm³/mol. The van der Waals surface area contributed by atoms with Crippen LogP contribution >= 0.6 is 0 Å². The van der Waals surface area contributed by atoms with Crippen LogP contribution < -0.4 is 0 Å². The SMILES string of the molecule is O=C(c1ccccn1)N1CCC[C@H](c2nc(-c3ccc(F)cc3)no2)C1. The van der Waals surface area contributed by atoms with Gasteiger partial charge in [0.15, 0.2) is 0 Å². The summed E-state index contributed by atoms with van der Waals surface area (Å²) in [5.74, 6) is 0.510. The van der Waals surface area contributed by atoms with Gasteiger partial charge in [-0.2, -0.15) is 4.98 Å². The lowest BCUT2D eigenvalue weighted by Gasteiger charge is -2.30. The van der Waals surface area contributed by atoms with Gasteiger partial charge in [0, 0.05) is 24.8 Å². The molecule has 0 unspecified atom stereocenters. The highest BCUT2D eigenvalue weighted by atomic mass is 19.1. The fourth-order valence-electron chi connectivity index (χ4n) is 3.13. The van der Waals surface area contributed by atoms with Crippen LogP contribution in [0, 0.1) is 5.82 Å². The van der Waals surface area contributed by atoms with Gasteiger partial charge in [-0.1, -0.05) is 11.2 Å². The Kier molecular flexibility index (Phi) is 4.43. The van der Waals surface area contributed by atoms with E-state index in [1.807, 2.05) is 0 Å². The van der Waals surface area contributed by atoms with Gasteiger partial charge in [-0.15, -0.1) is 0 Å². The number of carbonyl (C=O) groups excluding carboxylic acids is 1. The number of piperidine rings is 1.